The summed E-state index contributed by atoms with van der Waals surface area (Å²) in [6, 6.07) is 0.496. The molecule has 0 aromatic heterocycles. The van der Waals surface area contributed by atoms with Gasteiger partial charge in [0.2, 0.25) is 17.5 Å². The first kappa shape index (κ1) is 35.8. The third-order valence-electron chi connectivity index (χ3n) is 9.78. The second-order valence-corrected chi connectivity index (χ2v) is 14.0. The molecule has 0 unspecified atom stereocenters. The van der Waals surface area contributed by atoms with E-state index >= 15 is 0 Å². The second-order valence-electron chi connectivity index (χ2n) is 14.0. The molecule has 6 atom stereocenters. The van der Waals surface area contributed by atoms with E-state index in [-0.39, 0.29) is 42.7 Å². The predicted octanol–water partition coefficient (Wildman–Crippen LogP) is 2.54. The van der Waals surface area contributed by atoms with Crippen molar-refractivity contribution in [3.63, 3.8) is 0 Å². The van der Waals surface area contributed by atoms with Crippen molar-refractivity contribution in [2.45, 2.75) is 96.2 Å². The van der Waals surface area contributed by atoms with Crippen molar-refractivity contribution in [2.75, 3.05) is 34.6 Å². The molecule has 0 spiro atoms. The summed E-state index contributed by atoms with van der Waals surface area (Å²) in [5, 5.41) is 27.4. The first-order valence-corrected chi connectivity index (χ1v) is 16.3. The molecule has 1 aromatic rings. The molecule has 14 heteroatoms. The number of aliphatic hydroxyl groups is 1. The number of carbonyl (C=O) groups excluding carboxylic acids is 4. The SMILES string of the molecule is COCOc1c(OC)c(C)cc2c1[C@@H]1[C@@H]3CC4=C(C(=O)C(=O)C(C)=C4O)[C@H](CNC(=O)[C@H](C)NC(=O)OC(C)(C)C)N3[C@@H](C#N)[C@@H](C2)N1C. The van der Waals surface area contributed by atoms with E-state index in [4.69, 9.17) is 18.9 Å². The van der Waals surface area contributed by atoms with Gasteiger partial charge < -0.3 is 34.7 Å². The summed E-state index contributed by atoms with van der Waals surface area (Å²) < 4.78 is 22.5. The molecule has 1 aromatic carbocycles. The number of aliphatic hydroxyl groups excluding tert-OH is 1. The summed E-state index contributed by atoms with van der Waals surface area (Å²) >= 11 is 0. The number of hydrogen-bond acceptors (Lipinski definition) is 12. The minimum absolute atomic E-state index is 0.0415. The summed E-state index contributed by atoms with van der Waals surface area (Å²) in [7, 11) is 5.02. The average molecular weight is 680 g/mol. The van der Waals surface area contributed by atoms with Crippen LogP contribution in [0.2, 0.25) is 0 Å². The molecular weight excluding hydrogens is 634 g/mol. The van der Waals surface area contributed by atoms with E-state index in [9.17, 15) is 29.5 Å². The standard InChI is InChI=1S/C35H45N5O9/c1-16-10-19-11-21-23(13-36)40-22(27(39(21)7)25(19)32(31(16)47-9)48-15-46-8)12-20-26(30(43)29(42)17(2)28(20)41)24(40)14-37-33(44)18(3)38-34(45)49-35(4,5)6/h10,18,21-24,27,41H,11-12,14-15H2,1-9H3,(H,37,44)(H,38,45)/t18-,21+,22-,23-,24-,27-/m0/s1. The number of amides is 2. The third kappa shape index (κ3) is 6.26. The number of rotatable bonds is 8. The topological polar surface area (TPSA) is 180 Å². The van der Waals surface area contributed by atoms with Gasteiger partial charge in [-0.3, -0.25) is 24.2 Å². The van der Waals surface area contributed by atoms with Gasteiger partial charge in [-0.05, 0) is 72.6 Å². The highest BCUT2D eigenvalue weighted by molar-refractivity contribution is 6.50. The Morgan fingerprint density at radius 1 is 1.12 bits per heavy atom. The monoisotopic (exact) mass is 679 g/mol. The van der Waals surface area contributed by atoms with Gasteiger partial charge >= 0.3 is 6.09 Å². The van der Waals surface area contributed by atoms with Crippen LogP contribution < -0.4 is 20.1 Å². The van der Waals surface area contributed by atoms with Gasteiger partial charge in [0.25, 0.3) is 0 Å². The Bertz CT molecular complexity index is 1690. The van der Waals surface area contributed by atoms with Crippen molar-refractivity contribution >= 4 is 23.6 Å². The van der Waals surface area contributed by atoms with E-state index in [1.54, 1.807) is 27.9 Å². The number of fused-ring (bicyclic) bond motifs is 6. The third-order valence-corrected chi connectivity index (χ3v) is 9.78. The Hall–Kier alpha value is -4.45. The number of carbonyl (C=O) groups is 4. The fraction of sp³-hybridized carbons (Fsp3) is 0.571. The van der Waals surface area contributed by atoms with E-state index < -0.39 is 59.4 Å². The molecule has 264 valence electrons. The summed E-state index contributed by atoms with van der Waals surface area (Å²) in [5.74, 6) is -1.42. The molecule has 5 rings (SSSR count). The van der Waals surface area contributed by atoms with Gasteiger partial charge in [-0.1, -0.05) is 6.07 Å². The minimum atomic E-state index is -1.01. The number of benzene rings is 1. The first-order chi connectivity index (χ1) is 23.1. The largest absolute Gasteiger partial charge is 0.507 e. The maximum absolute atomic E-state index is 13.7. The quantitative estimate of drug-likeness (QED) is 0.208. The molecule has 3 heterocycles. The number of allylic oxidation sites excluding steroid dienone is 2. The molecule has 2 bridgehead atoms. The number of ether oxygens (including phenoxy) is 4. The summed E-state index contributed by atoms with van der Waals surface area (Å²) in [5.41, 5.74) is 2.20. The minimum Gasteiger partial charge on any atom is -0.507 e. The smallest absolute Gasteiger partial charge is 0.408 e. The fourth-order valence-electron chi connectivity index (χ4n) is 7.72. The summed E-state index contributed by atoms with van der Waals surface area (Å²) in [4.78, 5) is 56.6. The van der Waals surface area contributed by atoms with Crippen LogP contribution in [0.1, 0.15) is 63.8 Å². The lowest BCUT2D eigenvalue weighted by Gasteiger charge is -2.60. The lowest BCUT2D eigenvalue weighted by atomic mass is 9.70. The molecule has 49 heavy (non-hydrogen) atoms. The molecule has 1 saturated heterocycles. The Labute approximate surface area is 286 Å². The molecule has 1 fully saturated rings. The van der Waals surface area contributed by atoms with Crippen LogP contribution in [-0.4, -0.2) is 109 Å². The lowest BCUT2D eigenvalue weighted by Crippen LogP contribution is -2.71. The van der Waals surface area contributed by atoms with Gasteiger partial charge in [-0.25, -0.2) is 4.79 Å². The van der Waals surface area contributed by atoms with Gasteiger partial charge in [-0.2, -0.15) is 5.26 Å². The number of piperazine rings is 1. The van der Waals surface area contributed by atoms with Crippen molar-refractivity contribution in [3.8, 4) is 17.6 Å². The van der Waals surface area contributed by atoms with Crippen molar-refractivity contribution < 1.29 is 43.2 Å². The first-order valence-electron chi connectivity index (χ1n) is 16.3. The maximum atomic E-state index is 13.7. The van der Waals surface area contributed by atoms with E-state index in [1.165, 1.54) is 21.0 Å². The number of aryl methyl sites for hydroxylation is 1. The average Bonchev–Trinajstić information content (AvgIpc) is 3.03. The number of hydrogen-bond donors (Lipinski definition) is 3. The fourth-order valence-corrected chi connectivity index (χ4v) is 7.72. The zero-order chi connectivity index (χ0) is 36.1. The van der Waals surface area contributed by atoms with E-state index in [1.807, 2.05) is 24.9 Å². The Morgan fingerprint density at radius 2 is 1.82 bits per heavy atom. The number of ketones is 2. The van der Waals surface area contributed by atoms with Crippen molar-refractivity contribution in [3.05, 3.63) is 45.2 Å². The van der Waals surface area contributed by atoms with E-state index in [2.05, 4.69) is 21.6 Å². The van der Waals surface area contributed by atoms with Crippen molar-refractivity contribution in [1.82, 2.24) is 20.4 Å². The van der Waals surface area contributed by atoms with Crippen molar-refractivity contribution in [1.29, 1.82) is 5.26 Å². The van der Waals surface area contributed by atoms with Crippen molar-refractivity contribution in [2.24, 2.45) is 0 Å². The zero-order valence-electron chi connectivity index (χ0n) is 29.4. The molecule has 1 aliphatic carbocycles. The van der Waals surface area contributed by atoms with Gasteiger partial charge in [0.1, 0.15) is 23.4 Å². The van der Waals surface area contributed by atoms with E-state index in [0.717, 1.165) is 16.7 Å². The molecule has 2 amide bonds. The lowest BCUT2D eigenvalue weighted by molar-refractivity contribution is -0.134. The Morgan fingerprint density at radius 3 is 2.43 bits per heavy atom. The normalized spacial score (nSPS) is 25.8. The Balaban J connectivity index is 1.61. The molecule has 0 radical (unpaired) electrons. The maximum Gasteiger partial charge on any atom is 0.408 e. The van der Waals surface area contributed by atoms with Gasteiger partial charge in [0.05, 0.1) is 25.3 Å². The number of alkyl carbamates (subject to hydrolysis) is 1. The summed E-state index contributed by atoms with van der Waals surface area (Å²) in [6.07, 6.45) is -0.168. The van der Waals surface area contributed by atoms with E-state index in [0.29, 0.717) is 23.5 Å². The van der Waals surface area contributed by atoms with Crippen LogP contribution in [-0.2, 0) is 30.3 Å². The van der Waals surface area contributed by atoms with Crippen LogP contribution in [0.3, 0.4) is 0 Å². The predicted molar refractivity (Wildman–Crippen MR) is 176 cm³/mol. The molecule has 3 N–H and O–H groups in total. The molecule has 14 nitrogen and oxygen atoms in total. The molecular formula is C35H45N5O9. The van der Waals surface area contributed by atoms with Crippen LogP contribution in [0.15, 0.2) is 28.5 Å². The molecule has 3 aliphatic heterocycles. The highest BCUT2D eigenvalue weighted by Crippen LogP contribution is 2.54. The summed E-state index contributed by atoms with van der Waals surface area (Å²) in [6.45, 7) is 9.71. The van der Waals surface area contributed by atoms with Gasteiger partial charge in [-0.15, -0.1) is 0 Å². The Kier molecular flexibility index (Phi) is 9.84. The molecule has 0 saturated carbocycles. The number of likely N-dealkylation sites (N-methyl/N-ethyl adjacent to an activating group) is 1. The number of nitrogens with one attached hydrogen (secondary N) is 2. The molecule has 4 aliphatic rings. The number of Topliss-reactive ketones (excluding diaryl/α,β-unsaturated/α-hetero) is 2. The van der Waals surface area contributed by atoms with Crippen LogP contribution >= 0.6 is 0 Å². The number of methoxy groups -OCH3 is 2. The highest BCUT2D eigenvalue weighted by atomic mass is 16.7. The van der Waals surface area contributed by atoms with Gasteiger partial charge in [0, 0.05) is 48.0 Å². The van der Waals surface area contributed by atoms with Crippen LogP contribution in [0.25, 0.3) is 0 Å². The second kappa shape index (κ2) is 13.5. The zero-order valence-corrected chi connectivity index (χ0v) is 29.4. The highest BCUT2D eigenvalue weighted by Gasteiger charge is 2.57. The van der Waals surface area contributed by atoms with Crippen LogP contribution in [0, 0.1) is 18.3 Å². The number of nitrogens with zero attached hydrogens (tertiary/aromatic N) is 3. The van der Waals surface area contributed by atoms with Crippen LogP contribution in [0.4, 0.5) is 4.79 Å². The van der Waals surface area contributed by atoms with Crippen LogP contribution in [0.5, 0.6) is 11.5 Å². The van der Waals surface area contributed by atoms with Gasteiger partial charge in [0.15, 0.2) is 18.3 Å². The number of nitriles is 1.